The van der Waals surface area contributed by atoms with Gasteiger partial charge < -0.3 is 14.6 Å². The molecule has 0 fully saturated rings. The second kappa shape index (κ2) is 8.05. The molecule has 0 amide bonds. The van der Waals surface area contributed by atoms with Crippen molar-refractivity contribution in [2.24, 2.45) is 0 Å². The zero-order valence-electron chi connectivity index (χ0n) is 22.6. The van der Waals surface area contributed by atoms with E-state index in [1.807, 2.05) is 6.07 Å². The highest BCUT2D eigenvalue weighted by Crippen LogP contribution is 2.52. The van der Waals surface area contributed by atoms with Gasteiger partial charge in [0.05, 0.1) is 16.9 Å². The van der Waals surface area contributed by atoms with Crippen molar-refractivity contribution in [1.82, 2.24) is 4.98 Å². The molecule has 8 aromatic rings. The van der Waals surface area contributed by atoms with Crippen LogP contribution in [0, 0.1) is 0 Å². The number of hydrogen-bond donors (Lipinski definition) is 1. The molecule has 7 aromatic carbocycles. The monoisotopic (exact) mass is 533 g/mol. The molecule has 0 bridgehead atoms. The van der Waals surface area contributed by atoms with Gasteiger partial charge >= 0.3 is 0 Å². The molecule has 3 heterocycles. The molecule has 1 radical (unpaired) electrons. The maximum Gasteiger partial charge on any atom is 0.198 e. The van der Waals surface area contributed by atoms with Crippen molar-refractivity contribution in [2.75, 3.05) is 4.90 Å². The van der Waals surface area contributed by atoms with Crippen LogP contribution >= 0.6 is 0 Å². The fourth-order valence-corrected chi connectivity index (χ4v) is 7.12. The molecule has 0 unspecified atom stereocenters. The highest BCUT2D eigenvalue weighted by Gasteiger charge is 2.35. The van der Waals surface area contributed by atoms with E-state index in [-0.39, 0.29) is 0 Å². The Morgan fingerprint density at radius 1 is 0.548 bits per heavy atom. The van der Waals surface area contributed by atoms with Crippen LogP contribution in [0.5, 0.6) is 11.5 Å². The van der Waals surface area contributed by atoms with Crippen molar-refractivity contribution in [1.29, 1.82) is 0 Å². The van der Waals surface area contributed by atoms with Gasteiger partial charge in [-0.15, -0.1) is 0 Å². The Bertz CT molecular complexity index is 2440. The van der Waals surface area contributed by atoms with E-state index in [0.29, 0.717) is 0 Å². The second-order valence-electron chi connectivity index (χ2n) is 11.2. The number of anilines is 3. The molecular weight excluding hydrogens is 511 g/mol. The number of fused-ring (bicyclic) bond motifs is 10. The topological polar surface area (TPSA) is 28.3 Å². The first-order chi connectivity index (χ1) is 20.8. The molecule has 2 aliphatic heterocycles. The summed E-state index contributed by atoms with van der Waals surface area (Å²) < 4.78 is 6.42. The Kier molecular flexibility index (Phi) is 4.26. The van der Waals surface area contributed by atoms with Crippen LogP contribution in [0.1, 0.15) is 0 Å². The molecule has 42 heavy (non-hydrogen) atoms. The zero-order chi connectivity index (χ0) is 27.4. The maximum atomic E-state index is 6.42. The van der Waals surface area contributed by atoms with E-state index < -0.39 is 0 Å². The van der Waals surface area contributed by atoms with Gasteiger partial charge in [0.15, 0.2) is 18.8 Å². The van der Waals surface area contributed by atoms with Crippen molar-refractivity contribution < 1.29 is 4.74 Å². The number of nitrogens with zero attached hydrogens (tertiary/aromatic N) is 1. The number of para-hydroxylation sites is 4. The minimum atomic E-state index is 0.870. The Hall–Kier alpha value is -5.48. The van der Waals surface area contributed by atoms with Crippen LogP contribution < -0.4 is 20.6 Å². The van der Waals surface area contributed by atoms with E-state index in [0.717, 1.165) is 39.4 Å². The lowest BCUT2D eigenvalue weighted by Gasteiger charge is -2.40. The summed E-state index contributed by atoms with van der Waals surface area (Å²) in [6.45, 7) is 0. The minimum Gasteiger partial charge on any atom is -0.453 e. The SMILES string of the molecule is [B]1c2cccc3c2N(c2ccccc2O3)c2c1c(-c1cccc3c1[nH]c1cc4ccccc4cc13)cc1ccccc21. The van der Waals surface area contributed by atoms with Crippen molar-refractivity contribution in [3.8, 4) is 22.6 Å². The van der Waals surface area contributed by atoms with Crippen molar-refractivity contribution in [2.45, 2.75) is 0 Å². The standard InChI is InChI=1S/C38H22BN2O/c1-2-10-23-21-31-28(19-22(23)9-1)26-13-7-14-27(36(26)40-31)29-20-24-11-3-4-12-25(24)37-35(29)39-30-15-8-18-34-38(30)41(37)32-16-5-6-17-33(32)42-34/h1-21,40H. The van der Waals surface area contributed by atoms with E-state index in [1.165, 1.54) is 54.6 Å². The lowest BCUT2D eigenvalue weighted by molar-refractivity contribution is 0.477. The molecule has 0 spiro atoms. The molecular formula is C38H22BN2O. The number of aromatic nitrogens is 1. The van der Waals surface area contributed by atoms with E-state index in [9.17, 15) is 0 Å². The molecule has 4 heteroatoms. The van der Waals surface area contributed by atoms with Crippen LogP contribution in [0.2, 0.25) is 0 Å². The van der Waals surface area contributed by atoms with E-state index in [2.05, 4.69) is 138 Å². The Labute approximate surface area is 242 Å². The molecule has 2 aliphatic rings. The van der Waals surface area contributed by atoms with Gasteiger partial charge in [-0.3, -0.25) is 0 Å². The number of rotatable bonds is 1. The number of ether oxygens (including phenoxy) is 1. The van der Waals surface area contributed by atoms with Gasteiger partial charge in [0.25, 0.3) is 0 Å². The van der Waals surface area contributed by atoms with E-state index in [4.69, 9.17) is 4.74 Å². The number of aromatic amines is 1. The summed E-state index contributed by atoms with van der Waals surface area (Å²) in [7, 11) is 2.35. The van der Waals surface area contributed by atoms with Gasteiger partial charge in [-0.1, -0.05) is 96.5 Å². The number of H-pyrrole nitrogens is 1. The first kappa shape index (κ1) is 22.2. The number of nitrogens with one attached hydrogen (secondary N) is 1. The summed E-state index contributed by atoms with van der Waals surface area (Å²) in [6.07, 6.45) is 0. The van der Waals surface area contributed by atoms with E-state index >= 15 is 0 Å². The molecule has 193 valence electrons. The summed E-state index contributed by atoms with van der Waals surface area (Å²) in [5, 5.41) is 7.42. The lowest BCUT2D eigenvalue weighted by atomic mass is 9.57. The Morgan fingerprint density at radius 2 is 1.29 bits per heavy atom. The van der Waals surface area contributed by atoms with Crippen LogP contribution in [0.25, 0.3) is 54.5 Å². The summed E-state index contributed by atoms with van der Waals surface area (Å²) in [5.41, 5.74) is 10.5. The third kappa shape index (κ3) is 2.91. The van der Waals surface area contributed by atoms with Gasteiger partial charge in [-0.05, 0) is 63.6 Å². The largest absolute Gasteiger partial charge is 0.453 e. The average molecular weight is 533 g/mol. The number of benzene rings is 7. The fraction of sp³-hybridized carbons (Fsp3) is 0. The van der Waals surface area contributed by atoms with Gasteiger partial charge in [-0.2, -0.15) is 0 Å². The predicted molar refractivity (Wildman–Crippen MR) is 176 cm³/mol. The Balaban J connectivity index is 1.32. The summed E-state index contributed by atoms with van der Waals surface area (Å²) >= 11 is 0. The van der Waals surface area contributed by atoms with Gasteiger partial charge in [-0.25, -0.2) is 0 Å². The van der Waals surface area contributed by atoms with Crippen molar-refractivity contribution in [3.05, 3.63) is 127 Å². The average Bonchev–Trinajstić information content (AvgIpc) is 3.40. The van der Waals surface area contributed by atoms with Crippen molar-refractivity contribution >= 4 is 78.6 Å². The second-order valence-corrected chi connectivity index (χ2v) is 11.2. The van der Waals surface area contributed by atoms with Crippen LogP contribution in [0.3, 0.4) is 0 Å². The van der Waals surface area contributed by atoms with Crippen LogP contribution in [0.15, 0.2) is 127 Å². The predicted octanol–water partition coefficient (Wildman–Crippen LogP) is 8.84. The van der Waals surface area contributed by atoms with Gasteiger partial charge in [0.2, 0.25) is 0 Å². The first-order valence-corrected chi connectivity index (χ1v) is 14.4. The maximum absolute atomic E-state index is 6.42. The molecule has 0 saturated heterocycles. The van der Waals surface area contributed by atoms with Gasteiger partial charge in [0.1, 0.15) is 0 Å². The summed E-state index contributed by atoms with van der Waals surface area (Å²) in [5.74, 6) is 1.75. The third-order valence-corrected chi connectivity index (χ3v) is 8.95. The molecule has 0 atom stereocenters. The molecule has 1 N–H and O–H groups in total. The number of hydrogen-bond acceptors (Lipinski definition) is 2. The molecule has 3 nitrogen and oxygen atoms in total. The summed E-state index contributed by atoms with van der Waals surface area (Å²) in [6, 6.07) is 45.7. The Morgan fingerprint density at radius 3 is 2.21 bits per heavy atom. The minimum absolute atomic E-state index is 0.870. The van der Waals surface area contributed by atoms with Crippen molar-refractivity contribution in [3.63, 3.8) is 0 Å². The highest BCUT2D eigenvalue weighted by atomic mass is 16.5. The normalized spacial score (nSPS) is 13.1. The van der Waals surface area contributed by atoms with Crippen LogP contribution in [0.4, 0.5) is 17.1 Å². The zero-order valence-corrected chi connectivity index (χ0v) is 22.6. The summed E-state index contributed by atoms with van der Waals surface area (Å²) in [4.78, 5) is 6.24. The molecule has 0 aliphatic carbocycles. The molecule has 10 rings (SSSR count). The van der Waals surface area contributed by atoms with Crippen LogP contribution in [-0.4, -0.2) is 12.3 Å². The molecule has 1 aromatic heterocycles. The highest BCUT2D eigenvalue weighted by molar-refractivity contribution is 6.74. The van der Waals surface area contributed by atoms with Crippen LogP contribution in [-0.2, 0) is 0 Å². The third-order valence-electron chi connectivity index (χ3n) is 8.95. The van der Waals surface area contributed by atoms with Gasteiger partial charge in [0, 0.05) is 32.9 Å². The quantitative estimate of drug-likeness (QED) is 0.214. The molecule has 0 saturated carbocycles. The van der Waals surface area contributed by atoms with E-state index in [1.54, 1.807) is 0 Å². The fourth-order valence-electron chi connectivity index (χ4n) is 7.12. The smallest absolute Gasteiger partial charge is 0.198 e. The lowest BCUT2D eigenvalue weighted by Crippen LogP contribution is -2.42. The first-order valence-electron chi connectivity index (χ1n) is 14.4.